The summed E-state index contributed by atoms with van der Waals surface area (Å²) in [5, 5.41) is 2.93. The molecule has 7 heteroatoms. The highest BCUT2D eigenvalue weighted by molar-refractivity contribution is 7.00. The standard InChI is InChI=1S/C8H6ClF2N3S/c9-4-1-2-5-8(14-15-13-5)7(4)12-3-6(10)11/h1-2,6,12H,3H2. The van der Waals surface area contributed by atoms with Crippen LogP contribution in [0.4, 0.5) is 14.5 Å². The molecule has 0 fully saturated rings. The van der Waals surface area contributed by atoms with Crippen molar-refractivity contribution in [1.29, 1.82) is 0 Å². The minimum Gasteiger partial charge on any atom is -0.376 e. The average Bonchev–Trinajstić information content (AvgIpc) is 2.63. The molecule has 80 valence electrons. The van der Waals surface area contributed by atoms with Crippen molar-refractivity contribution in [2.75, 3.05) is 11.9 Å². The Morgan fingerprint density at radius 2 is 2.20 bits per heavy atom. The highest BCUT2D eigenvalue weighted by atomic mass is 35.5. The quantitative estimate of drug-likeness (QED) is 0.909. The molecule has 0 bridgehead atoms. The van der Waals surface area contributed by atoms with Crippen LogP contribution in [0.2, 0.25) is 5.02 Å². The van der Waals surface area contributed by atoms with Crippen LogP contribution in [0.5, 0.6) is 0 Å². The molecule has 0 aliphatic carbocycles. The molecule has 1 aromatic carbocycles. The smallest absolute Gasteiger partial charge is 0.255 e. The molecule has 1 N–H and O–H groups in total. The number of halogens is 3. The van der Waals surface area contributed by atoms with Gasteiger partial charge >= 0.3 is 0 Å². The van der Waals surface area contributed by atoms with E-state index in [0.29, 0.717) is 21.7 Å². The van der Waals surface area contributed by atoms with E-state index in [1.54, 1.807) is 12.1 Å². The SMILES string of the molecule is FC(F)CNc1c(Cl)ccc2nsnc12. The number of aromatic nitrogens is 2. The summed E-state index contributed by atoms with van der Waals surface area (Å²) in [6, 6.07) is 3.31. The van der Waals surface area contributed by atoms with E-state index in [-0.39, 0.29) is 0 Å². The van der Waals surface area contributed by atoms with Crippen molar-refractivity contribution >= 4 is 40.0 Å². The lowest BCUT2D eigenvalue weighted by Gasteiger charge is -2.07. The Morgan fingerprint density at radius 1 is 1.40 bits per heavy atom. The zero-order valence-corrected chi connectivity index (χ0v) is 8.95. The summed E-state index contributed by atoms with van der Waals surface area (Å²) in [4.78, 5) is 0. The van der Waals surface area contributed by atoms with E-state index in [0.717, 1.165) is 11.7 Å². The molecule has 3 nitrogen and oxygen atoms in total. The van der Waals surface area contributed by atoms with Crippen LogP contribution in [-0.2, 0) is 0 Å². The summed E-state index contributed by atoms with van der Waals surface area (Å²) in [7, 11) is 0. The molecule has 0 atom stereocenters. The van der Waals surface area contributed by atoms with Gasteiger partial charge in [-0.25, -0.2) is 8.78 Å². The number of hydrogen-bond donors (Lipinski definition) is 1. The third kappa shape index (κ3) is 2.15. The predicted molar refractivity (Wildman–Crippen MR) is 56.9 cm³/mol. The number of nitrogens with zero attached hydrogens (tertiary/aromatic N) is 2. The molecule has 1 heterocycles. The van der Waals surface area contributed by atoms with Crippen LogP contribution in [0, 0.1) is 0 Å². The Kier molecular flexibility index (Phi) is 2.97. The Balaban J connectivity index is 2.38. The molecule has 0 spiro atoms. The highest BCUT2D eigenvalue weighted by Crippen LogP contribution is 2.29. The largest absolute Gasteiger partial charge is 0.376 e. The van der Waals surface area contributed by atoms with Crippen molar-refractivity contribution in [2.24, 2.45) is 0 Å². The molecular weight excluding hydrogens is 244 g/mol. The number of benzene rings is 1. The molecule has 0 aliphatic rings. The average molecular weight is 250 g/mol. The van der Waals surface area contributed by atoms with Gasteiger partial charge in [0, 0.05) is 0 Å². The van der Waals surface area contributed by atoms with Gasteiger partial charge in [0.1, 0.15) is 11.0 Å². The van der Waals surface area contributed by atoms with Crippen LogP contribution >= 0.6 is 23.3 Å². The summed E-state index contributed by atoms with van der Waals surface area (Å²) in [6.45, 7) is -0.448. The van der Waals surface area contributed by atoms with Crippen LogP contribution in [0.15, 0.2) is 12.1 Å². The third-order valence-electron chi connectivity index (χ3n) is 1.81. The van der Waals surface area contributed by atoms with Crippen molar-refractivity contribution in [3.8, 4) is 0 Å². The lowest BCUT2D eigenvalue weighted by molar-refractivity contribution is 0.163. The molecule has 2 rings (SSSR count). The fourth-order valence-corrected chi connectivity index (χ4v) is 1.94. The normalized spacial score (nSPS) is 11.2. The van der Waals surface area contributed by atoms with E-state index in [9.17, 15) is 8.78 Å². The van der Waals surface area contributed by atoms with Crippen LogP contribution in [0.1, 0.15) is 0 Å². The van der Waals surface area contributed by atoms with Gasteiger partial charge in [-0.15, -0.1) is 0 Å². The third-order valence-corrected chi connectivity index (χ3v) is 2.67. The van der Waals surface area contributed by atoms with Gasteiger partial charge in [0.25, 0.3) is 6.43 Å². The minimum atomic E-state index is -2.43. The van der Waals surface area contributed by atoms with Gasteiger partial charge in [0.05, 0.1) is 29.0 Å². The second-order valence-electron chi connectivity index (χ2n) is 2.83. The maximum absolute atomic E-state index is 12.0. The number of hydrogen-bond acceptors (Lipinski definition) is 4. The van der Waals surface area contributed by atoms with Gasteiger partial charge in [0.15, 0.2) is 0 Å². The molecular formula is C8H6ClF2N3S. The molecule has 0 radical (unpaired) electrons. The molecule has 0 unspecified atom stereocenters. The number of fused-ring (bicyclic) bond motifs is 1. The topological polar surface area (TPSA) is 37.8 Å². The Labute approximate surface area is 93.4 Å². The molecule has 1 aromatic heterocycles. The van der Waals surface area contributed by atoms with Crippen LogP contribution in [-0.4, -0.2) is 21.7 Å². The monoisotopic (exact) mass is 249 g/mol. The molecule has 0 amide bonds. The lowest BCUT2D eigenvalue weighted by atomic mass is 10.2. The molecule has 0 saturated carbocycles. The number of anilines is 1. The molecule has 15 heavy (non-hydrogen) atoms. The van der Waals surface area contributed by atoms with E-state index < -0.39 is 13.0 Å². The zero-order valence-electron chi connectivity index (χ0n) is 7.38. The van der Waals surface area contributed by atoms with Gasteiger partial charge in [0.2, 0.25) is 0 Å². The predicted octanol–water partition coefficient (Wildman–Crippen LogP) is 3.02. The van der Waals surface area contributed by atoms with Crippen LogP contribution < -0.4 is 5.32 Å². The minimum absolute atomic E-state index is 0.371. The molecule has 0 saturated heterocycles. The van der Waals surface area contributed by atoms with E-state index in [4.69, 9.17) is 11.6 Å². The first-order valence-corrected chi connectivity index (χ1v) is 5.22. The fraction of sp³-hybridized carbons (Fsp3) is 0.250. The van der Waals surface area contributed by atoms with Crippen molar-refractivity contribution in [3.63, 3.8) is 0 Å². The maximum Gasteiger partial charge on any atom is 0.255 e. The first-order chi connectivity index (χ1) is 7.18. The fourth-order valence-electron chi connectivity index (χ4n) is 1.17. The maximum atomic E-state index is 12.0. The van der Waals surface area contributed by atoms with Crippen molar-refractivity contribution in [2.45, 2.75) is 6.43 Å². The first-order valence-electron chi connectivity index (χ1n) is 4.11. The Bertz CT molecular complexity index is 474. The van der Waals surface area contributed by atoms with Crippen LogP contribution in [0.3, 0.4) is 0 Å². The zero-order chi connectivity index (χ0) is 10.8. The summed E-state index contributed by atoms with van der Waals surface area (Å²) >= 11 is 6.90. The lowest BCUT2D eigenvalue weighted by Crippen LogP contribution is -2.10. The van der Waals surface area contributed by atoms with Crippen molar-refractivity contribution < 1.29 is 8.78 Å². The molecule has 2 aromatic rings. The Morgan fingerprint density at radius 3 is 2.93 bits per heavy atom. The van der Waals surface area contributed by atoms with E-state index in [1.807, 2.05) is 0 Å². The summed E-state index contributed by atoms with van der Waals surface area (Å²) in [5.41, 5.74) is 1.61. The van der Waals surface area contributed by atoms with Crippen molar-refractivity contribution in [1.82, 2.24) is 8.75 Å². The van der Waals surface area contributed by atoms with E-state index in [1.165, 1.54) is 0 Å². The second kappa shape index (κ2) is 4.24. The molecule has 0 aliphatic heterocycles. The first kappa shape index (κ1) is 10.5. The van der Waals surface area contributed by atoms with Gasteiger partial charge in [-0.1, -0.05) is 11.6 Å². The summed E-state index contributed by atoms with van der Waals surface area (Å²) in [5.74, 6) is 0. The number of alkyl halides is 2. The van der Waals surface area contributed by atoms with Gasteiger partial charge < -0.3 is 5.32 Å². The Hall–Kier alpha value is -1.01. The van der Waals surface area contributed by atoms with Gasteiger partial charge in [-0.3, -0.25) is 0 Å². The number of nitrogens with one attached hydrogen (secondary N) is 1. The van der Waals surface area contributed by atoms with E-state index >= 15 is 0 Å². The number of rotatable bonds is 3. The highest BCUT2D eigenvalue weighted by Gasteiger charge is 2.11. The summed E-state index contributed by atoms with van der Waals surface area (Å²) < 4.78 is 32.1. The van der Waals surface area contributed by atoms with Crippen molar-refractivity contribution in [3.05, 3.63) is 17.2 Å². The van der Waals surface area contributed by atoms with Gasteiger partial charge in [-0.05, 0) is 12.1 Å². The van der Waals surface area contributed by atoms with Crippen LogP contribution in [0.25, 0.3) is 11.0 Å². The van der Waals surface area contributed by atoms with E-state index in [2.05, 4.69) is 14.1 Å². The van der Waals surface area contributed by atoms with Gasteiger partial charge in [-0.2, -0.15) is 8.75 Å². The summed E-state index contributed by atoms with van der Waals surface area (Å²) in [6.07, 6.45) is -2.43. The second-order valence-corrected chi connectivity index (χ2v) is 3.76.